The zero-order valence-electron chi connectivity index (χ0n) is 14.5. The van der Waals surface area contributed by atoms with Crippen LogP contribution in [0.5, 0.6) is 0 Å². The van der Waals surface area contributed by atoms with Crippen LogP contribution >= 0.6 is 0 Å². The van der Waals surface area contributed by atoms with E-state index in [0.29, 0.717) is 5.82 Å². The second-order valence-electron chi connectivity index (χ2n) is 6.04. The lowest BCUT2D eigenvalue weighted by Gasteiger charge is -2.17. The van der Waals surface area contributed by atoms with Crippen molar-refractivity contribution in [2.75, 3.05) is 18.9 Å². The van der Waals surface area contributed by atoms with E-state index in [1.807, 2.05) is 37.3 Å². The van der Waals surface area contributed by atoms with E-state index in [4.69, 9.17) is 0 Å². The molecular weight excluding hydrogens is 350 g/mol. The van der Waals surface area contributed by atoms with E-state index in [9.17, 15) is 13.2 Å². The summed E-state index contributed by atoms with van der Waals surface area (Å²) in [5, 5.41) is 4.38. The molecule has 0 atom stereocenters. The van der Waals surface area contributed by atoms with Crippen LogP contribution in [-0.2, 0) is 14.8 Å². The van der Waals surface area contributed by atoms with Gasteiger partial charge in [-0.05, 0) is 41.5 Å². The topological polar surface area (TPSA) is 79.4 Å². The molecule has 0 spiro atoms. The van der Waals surface area contributed by atoms with Crippen molar-refractivity contribution >= 4 is 32.5 Å². The fraction of sp³-hybridized carbons (Fsp3) is 0.158. The molecule has 3 aromatic rings. The predicted molar refractivity (Wildman–Crippen MR) is 101 cm³/mol. The highest BCUT2D eigenvalue weighted by Gasteiger charge is 2.23. The van der Waals surface area contributed by atoms with Crippen LogP contribution in [0.3, 0.4) is 0 Å². The van der Waals surface area contributed by atoms with Crippen molar-refractivity contribution in [2.24, 2.45) is 0 Å². The summed E-state index contributed by atoms with van der Waals surface area (Å²) in [5.74, 6) is -0.0645. The zero-order valence-corrected chi connectivity index (χ0v) is 15.3. The number of pyridine rings is 1. The summed E-state index contributed by atoms with van der Waals surface area (Å²) in [6, 6.07) is 15.9. The molecule has 1 aromatic heterocycles. The highest BCUT2D eigenvalue weighted by molar-refractivity contribution is 7.89. The minimum atomic E-state index is -3.77. The van der Waals surface area contributed by atoms with Crippen LogP contribution in [0.25, 0.3) is 10.8 Å². The normalized spacial score (nSPS) is 11.7. The first-order valence-corrected chi connectivity index (χ1v) is 9.48. The van der Waals surface area contributed by atoms with Gasteiger partial charge in [0.15, 0.2) is 0 Å². The summed E-state index contributed by atoms with van der Waals surface area (Å²) in [4.78, 5) is 16.4. The van der Waals surface area contributed by atoms with Crippen LogP contribution < -0.4 is 5.32 Å². The molecule has 134 valence electrons. The van der Waals surface area contributed by atoms with Gasteiger partial charge in [0.2, 0.25) is 15.9 Å². The first-order chi connectivity index (χ1) is 12.4. The number of amides is 1. The summed E-state index contributed by atoms with van der Waals surface area (Å²) in [7, 11) is -2.39. The summed E-state index contributed by atoms with van der Waals surface area (Å²) >= 11 is 0. The Morgan fingerprint density at radius 1 is 1.08 bits per heavy atom. The van der Waals surface area contributed by atoms with Gasteiger partial charge < -0.3 is 5.32 Å². The first-order valence-electron chi connectivity index (χ1n) is 8.04. The fourth-order valence-electron chi connectivity index (χ4n) is 2.52. The Bertz CT molecular complexity index is 1050. The van der Waals surface area contributed by atoms with E-state index in [1.165, 1.54) is 7.05 Å². The van der Waals surface area contributed by atoms with Crippen LogP contribution in [0.15, 0.2) is 65.7 Å². The predicted octanol–water partition coefficient (Wildman–Crippen LogP) is 2.80. The lowest BCUT2D eigenvalue weighted by atomic mass is 10.1. The number of carbonyl (C=O) groups excluding carboxylic acids is 1. The highest BCUT2D eigenvalue weighted by Crippen LogP contribution is 2.21. The van der Waals surface area contributed by atoms with Gasteiger partial charge in [-0.1, -0.05) is 36.4 Å². The molecule has 1 N–H and O–H groups in total. The number of hydrogen-bond donors (Lipinski definition) is 1. The Labute approximate surface area is 152 Å². The second-order valence-corrected chi connectivity index (χ2v) is 8.08. The first kappa shape index (κ1) is 18.0. The molecule has 0 fully saturated rings. The largest absolute Gasteiger partial charge is 0.310 e. The Kier molecular flexibility index (Phi) is 5.01. The standard InChI is InChI=1S/C19H19N3O3S/c1-14-7-10-18(20-12-14)21-19(23)13-22(2)26(24,25)17-9-8-15-5-3-4-6-16(15)11-17/h3-12H,13H2,1-2H3,(H,20,21,23). The quantitative estimate of drug-likeness (QED) is 0.750. The molecule has 0 saturated heterocycles. The van der Waals surface area contributed by atoms with Gasteiger partial charge >= 0.3 is 0 Å². The minimum Gasteiger partial charge on any atom is -0.310 e. The number of nitrogens with zero attached hydrogens (tertiary/aromatic N) is 2. The summed E-state index contributed by atoms with van der Waals surface area (Å²) < 4.78 is 26.5. The van der Waals surface area contributed by atoms with Gasteiger partial charge in [0.25, 0.3) is 0 Å². The molecule has 1 amide bonds. The number of likely N-dealkylation sites (N-methyl/N-ethyl adjacent to an activating group) is 1. The molecule has 0 aliphatic carbocycles. The van der Waals surface area contributed by atoms with Crippen LogP contribution in [0, 0.1) is 6.92 Å². The van der Waals surface area contributed by atoms with E-state index in [1.54, 1.807) is 30.5 Å². The van der Waals surface area contributed by atoms with Crippen molar-refractivity contribution in [1.82, 2.24) is 9.29 Å². The molecule has 0 saturated carbocycles. The maximum Gasteiger partial charge on any atom is 0.243 e. The van der Waals surface area contributed by atoms with Crippen LogP contribution in [0.4, 0.5) is 5.82 Å². The number of carbonyl (C=O) groups is 1. The minimum absolute atomic E-state index is 0.153. The van der Waals surface area contributed by atoms with Crippen molar-refractivity contribution in [3.63, 3.8) is 0 Å². The third-order valence-electron chi connectivity index (χ3n) is 3.97. The van der Waals surface area contributed by atoms with Gasteiger partial charge in [0.1, 0.15) is 5.82 Å². The Hall–Kier alpha value is -2.77. The number of nitrogens with one attached hydrogen (secondary N) is 1. The van der Waals surface area contributed by atoms with E-state index in [0.717, 1.165) is 20.6 Å². The molecule has 6 nitrogen and oxygen atoms in total. The molecule has 1 heterocycles. The fourth-order valence-corrected chi connectivity index (χ4v) is 3.68. The Morgan fingerprint density at radius 3 is 2.50 bits per heavy atom. The van der Waals surface area contributed by atoms with Crippen molar-refractivity contribution in [3.05, 3.63) is 66.4 Å². The number of rotatable bonds is 5. The molecule has 2 aromatic carbocycles. The monoisotopic (exact) mass is 369 g/mol. The van der Waals surface area contributed by atoms with Gasteiger partial charge in [0.05, 0.1) is 11.4 Å². The lowest BCUT2D eigenvalue weighted by molar-refractivity contribution is -0.116. The number of fused-ring (bicyclic) bond motifs is 1. The Morgan fingerprint density at radius 2 is 1.81 bits per heavy atom. The maximum absolute atomic E-state index is 12.7. The van der Waals surface area contributed by atoms with Gasteiger partial charge in [-0.15, -0.1) is 0 Å². The molecule has 0 aliphatic heterocycles. The number of aromatic nitrogens is 1. The van der Waals surface area contributed by atoms with Crippen LogP contribution in [-0.4, -0.2) is 37.2 Å². The molecule has 0 unspecified atom stereocenters. The average Bonchev–Trinajstić information content (AvgIpc) is 2.63. The smallest absolute Gasteiger partial charge is 0.243 e. The third-order valence-corrected chi connectivity index (χ3v) is 5.77. The van der Waals surface area contributed by atoms with E-state index in [-0.39, 0.29) is 11.4 Å². The zero-order chi connectivity index (χ0) is 18.7. The third kappa shape index (κ3) is 3.89. The average molecular weight is 369 g/mol. The molecular formula is C19H19N3O3S. The maximum atomic E-state index is 12.7. The van der Waals surface area contributed by atoms with E-state index < -0.39 is 15.9 Å². The molecule has 26 heavy (non-hydrogen) atoms. The van der Waals surface area contributed by atoms with E-state index in [2.05, 4.69) is 10.3 Å². The van der Waals surface area contributed by atoms with Crippen molar-refractivity contribution in [1.29, 1.82) is 0 Å². The second kappa shape index (κ2) is 7.23. The Balaban J connectivity index is 1.75. The van der Waals surface area contributed by atoms with Gasteiger partial charge in [-0.3, -0.25) is 4.79 Å². The summed E-state index contributed by atoms with van der Waals surface area (Å²) in [5.41, 5.74) is 0.971. The highest BCUT2D eigenvalue weighted by atomic mass is 32.2. The number of hydrogen-bond acceptors (Lipinski definition) is 4. The van der Waals surface area contributed by atoms with Crippen molar-refractivity contribution in [2.45, 2.75) is 11.8 Å². The van der Waals surface area contributed by atoms with Crippen molar-refractivity contribution < 1.29 is 13.2 Å². The molecule has 0 radical (unpaired) electrons. The number of sulfonamides is 1. The van der Waals surface area contributed by atoms with E-state index >= 15 is 0 Å². The van der Waals surface area contributed by atoms with Crippen LogP contribution in [0.2, 0.25) is 0 Å². The SMILES string of the molecule is Cc1ccc(NC(=O)CN(C)S(=O)(=O)c2ccc3ccccc3c2)nc1. The lowest BCUT2D eigenvalue weighted by Crippen LogP contribution is -2.35. The number of benzene rings is 2. The molecule has 0 aliphatic rings. The van der Waals surface area contributed by atoms with Crippen molar-refractivity contribution in [3.8, 4) is 0 Å². The van der Waals surface area contributed by atoms with Crippen LogP contribution in [0.1, 0.15) is 5.56 Å². The molecule has 7 heteroatoms. The number of aryl methyl sites for hydroxylation is 1. The van der Waals surface area contributed by atoms with Gasteiger partial charge in [-0.2, -0.15) is 4.31 Å². The van der Waals surface area contributed by atoms with Gasteiger partial charge in [-0.25, -0.2) is 13.4 Å². The molecule has 3 rings (SSSR count). The van der Waals surface area contributed by atoms with Gasteiger partial charge in [0, 0.05) is 13.2 Å². The summed E-state index contributed by atoms with van der Waals surface area (Å²) in [6.45, 7) is 1.59. The summed E-state index contributed by atoms with van der Waals surface area (Å²) in [6.07, 6.45) is 1.63. The number of anilines is 1. The molecule has 0 bridgehead atoms.